The van der Waals surface area contributed by atoms with E-state index in [4.69, 9.17) is 1.37 Å². The first-order valence-corrected chi connectivity index (χ1v) is 6.46. The molecule has 1 aliphatic rings. The Balaban J connectivity index is 1.56. The molecule has 0 radical (unpaired) electrons. The number of aromatic nitrogens is 3. The van der Waals surface area contributed by atoms with Gasteiger partial charge in [0, 0.05) is 57.5 Å². The third-order valence-electron chi connectivity index (χ3n) is 3.27. The first-order chi connectivity index (χ1) is 9.81. The number of anilines is 1. The summed E-state index contributed by atoms with van der Waals surface area (Å²) in [6.07, 6.45) is 6.96. The van der Waals surface area contributed by atoms with Crippen molar-refractivity contribution < 1.29 is 1.37 Å². The highest BCUT2D eigenvalue weighted by Crippen LogP contribution is 2.11. The van der Waals surface area contributed by atoms with Crippen molar-refractivity contribution in [1.82, 2.24) is 19.9 Å². The number of piperazine rings is 1. The number of rotatable bonds is 3. The number of hydrogen-bond donors (Lipinski definition) is 0. The van der Waals surface area contributed by atoms with Gasteiger partial charge in [-0.2, -0.15) is 0 Å². The molecule has 0 amide bonds. The van der Waals surface area contributed by atoms with Gasteiger partial charge in [0.1, 0.15) is 0 Å². The molecule has 2 aromatic heterocycles. The van der Waals surface area contributed by atoms with Gasteiger partial charge >= 0.3 is 0 Å². The number of pyridine rings is 1. The summed E-state index contributed by atoms with van der Waals surface area (Å²) in [4.78, 5) is 17.2. The van der Waals surface area contributed by atoms with Gasteiger partial charge < -0.3 is 4.90 Å². The molecule has 2 aromatic rings. The van der Waals surface area contributed by atoms with E-state index >= 15 is 0 Å². The average molecular weight is 256 g/mol. The second-order valence-corrected chi connectivity index (χ2v) is 4.61. The molecule has 5 nitrogen and oxygen atoms in total. The van der Waals surface area contributed by atoms with Gasteiger partial charge in [-0.05, 0) is 17.7 Å². The van der Waals surface area contributed by atoms with Crippen molar-refractivity contribution in [3.05, 3.63) is 48.5 Å². The molecule has 0 N–H and O–H groups in total. The summed E-state index contributed by atoms with van der Waals surface area (Å²) in [5.74, 6) is 0.807. The van der Waals surface area contributed by atoms with E-state index in [9.17, 15) is 0 Å². The fraction of sp³-hybridized carbons (Fsp3) is 0.357. The van der Waals surface area contributed by atoms with Crippen LogP contribution in [0.15, 0.2) is 43.0 Å². The summed E-state index contributed by atoms with van der Waals surface area (Å²) in [6, 6.07) is 4.18. The van der Waals surface area contributed by atoms with Crippen molar-refractivity contribution in [2.75, 3.05) is 31.1 Å². The molecule has 0 aromatic carbocycles. The maximum absolute atomic E-state index is 7.59. The summed E-state index contributed by atoms with van der Waals surface area (Å²) in [6.45, 7) is 4.65. The van der Waals surface area contributed by atoms with E-state index in [1.807, 2.05) is 18.3 Å². The Morgan fingerprint density at radius 2 is 1.89 bits per heavy atom. The van der Waals surface area contributed by atoms with Crippen LogP contribution in [-0.4, -0.2) is 46.0 Å². The summed E-state index contributed by atoms with van der Waals surface area (Å²) >= 11 is 0. The second kappa shape index (κ2) is 5.75. The van der Waals surface area contributed by atoms with Crippen molar-refractivity contribution in [3.8, 4) is 0 Å². The van der Waals surface area contributed by atoms with Crippen LogP contribution in [0.5, 0.6) is 0 Å². The van der Waals surface area contributed by atoms with Crippen LogP contribution in [0.2, 0.25) is 0 Å². The molecule has 3 rings (SSSR count). The smallest absolute Gasteiger partial charge is 0.225 e. The van der Waals surface area contributed by atoms with Gasteiger partial charge in [-0.1, -0.05) is 6.07 Å². The molecule has 1 aliphatic heterocycles. The molecule has 5 heteroatoms. The van der Waals surface area contributed by atoms with Gasteiger partial charge in [0.25, 0.3) is 0 Å². The van der Waals surface area contributed by atoms with Crippen LogP contribution >= 0.6 is 0 Å². The first-order valence-electron chi connectivity index (χ1n) is 6.96. The Hall–Kier alpha value is -2.01. The third kappa shape index (κ3) is 3.06. The fourth-order valence-electron chi connectivity index (χ4n) is 2.26. The Kier molecular flexibility index (Phi) is 3.29. The maximum Gasteiger partial charge on any atom is 0.225 e. The highest BCUT2D eigenvalue weighted by molar-refractivity contribution is 5.29. The largest absolute Gasteiger partial charge is 0.338 e. The monoisotopic (exact) mass is 256 g/mol. The van der Waals surface area contributed by atoms with Crippen LogP contribution < -0.4 is 4.90 Å². The Morgan fingerprint density at radius 3 is 2.63 bits per heavy atom. The first kappa shape index (κ1) is 10.9. The zero-order valence-electron chi connectivity index (χ0n) is 11.7. The summed E-state index contributed by atoms with van der Waals surface area (Å²) in [5.41, 5.74) is 1.10. The molecule has 19 heavy (non-hydrogen) atoms. The maximum atomic E-state index is 7.59. The lowest BCUT2D eigenvalue weighted by Crippen LogP contribution is -2.46. The lowest BCUT2D eigenvalue weighted by molar-refractivity contribution is 0.248. The van der Waals surface area contributed by atoms with Crippen LogP contribution in [0.1, 0.15) is 6.93 Å². The van der Waals surface area contributed by atoms with Crippen LogP contribution in [0.4, 0.5) is 5.95 Å². The van der Waals surface area contributed by atoms with Crippen LogP contribution in [0, 0.1) is 0 Å². The molecule has 0 spiro atoms. The normalized spacial score (nSPS) is 17.3. The molecule has 0 atom stereocenters. The van der Waals surface area contributed by atoms with Gasteiger partial charge in [-0.25, -0.2) is 9.97 Å². The molecular weight excluding hydrogens is 238 g/mol. The van der Waals surface area contributed by atoms with E-state index < -0.39 is 0 Å². The minimum atomic E-state index is 0.471. The Bertz CT molecular complexity index is 555. The van der Waals surface area contributed by atoms with Gasteiger partial charge in [0.15, 0.2) is 0 Å². The molecule has 1 saturated heterocycles. The SMILES string of the molecule is [2H]c1cncc(CN2CCN(c3ncccn3)CC2)c1. The lowest BCUT2D eigenvalue weighted by atomic mass is 10.2. The molecule has 0 aliphatic carbocycles. The molecule has 3 heterocycles. The topological polar surface area (TPSA) is 45.2 Å². The number of nitrogens with zero attached hydrogens (tertiary/aromatic N) is 5. The van der Waals surface area contributed by atoms with Crippen molar-refractivity contribution in [2.45, 2.75) is 6.54 Å². The van der Waals surface area contributed by atoms with Crippen LogP contribution in [0.25, 0.3) is 0 Å². The van der Waals surface area contributed by atoms with Crippen LogP contribution in [-0.2, 0) is 6.54 Å². The zero-order valence-corrected chi connectivity index (χ0v) is 10.7. The average Bonchev–Trinajstić information content (AvgIpc) is 2.49. The molecule has 0 bridgehead atoms. The van der Waals surface area contributed by atoms with Crippen molar-refractivity contribution in [3.63, 3.8) is 0 Å². The Morgan fingerprint density at radius 1 is 1.11 bits per heavy atom. The van der Waals surface area contributed by atoms with Gasteiger partial charge in [-0.3, -0.25) is 9.88 Å². The van der Waals surface area contributed by atoms with Crippen LogP contribution in [0.3, 0.4) is 0 Å². The fourth-order valence-corrected chi connectivity index (χ4v) is 2.26. The van der Waals surface area contributed by atoms with Crippen molar-refractivity contribution in [1.29, 1.82) is 0 Å². The summed E-state index contributed by atoms with van der Waals surface area (Å²) in [7, 11) is 0. The quantitative estimate of drug-likeness (QED) is 0.825. The molecule has 1 fully saturated rings. The second-order valence-electron chi connectivity index (χ2n) is 4.61. The Labute approximate surface area is 114 Å². The van der Waals surface area contributed by atoms with Gasteiger partial charge in [0.2, 0.25) is 5.95 Å². The lowest BCUT2D eigenvalue weighted by Gasteiger charge is -2.34. The van der Waals surface area contributed by atoms with E-state index in [0.29, 0.717) is 6.04 Å². The standard InChI is InChI=1S/C14H17N5/c1-3-13(11-15-4-1)12-18-7-9-19(10-8-18)14-16-5-2-6-17-14/h1-6,11H,7-10,12H2/i1D. The van der Waals surface area contributed by atoms with E-state index in [-0.39, 0.29) is 0 Å². The molecule has 0 unspecified atom stereocenters. The third-order valence-corrected chi connectivity index (χ3v) is 3.27. The van der Waals surface area contributed by atoms with E-state index in [1.165, 1.54) is 0 Å². The van der Waals surface area contributed by atoms with Gasteiger partial charge in [-0.15, -0.1) is 0 Å². The summed E-state index contributed by atoms with van der Waals surface area (Å²) < 4.78 is 7.59. The predicted octanol–water partition coefficient (Wildman–Crippen LogP) is 1.19. The van der Waals surface area contributed by atoms with Crippen molar-refractivity contribution >= 4 is 5.95 Å². The summed E-state index contributed by atoms with van der Waals surface area (Å²) in [5, 5.41) is 0. The molecule has 0 saturated carbocycles. The predicted molar refractivity (Wildman–Crippen MR) is 73.8 cm³/mol. The minimum absolute atomic E-state index is 0.471. The minimum Gasteiger partial charge on any atom is -0.338 e. The highest BCUT2D eigenvalue weighted by Gasteiger charge is 2.18. The van der Waals surface area contributed by atoms with E-state index in [0.717, 1.165) is 44.2 Å². The van der Waals surface area contributed by atoms with Gasteiger partial charge in [0.05, 0.1) is 1.37 Å². The number of hydrogen-bond acceptors (Lipinski definition) is 5. The molecule has 98 valence electrons. The van der Waals surface area contributed by atoms with Crippen molar-refractivity contribution in [2.24, 2.45) is 0 Å². The molecular formula is C14H17N5. The van der Waals surface area contributed by atoms with E-state index in [1.54, 1.807) is 18.6 Å². The highest BCUT2D eigenvalue weighted by atomic mass is 15.3. The van der Waals surface area contributed by atoms with E-state index in [2.05, 4.69) is 24.8 Å². The zero-order chi connectivity index (χ0) is 13.8.